The van der Waals surface area contributed by atoms with Crippen LogP contribution >= 0.6 is 67.8 Å². The first-order valence-electron chi connectivity index (χ1n) is 4.67. The molecule has 0 spiro atoms. The average Bonchev–Trinajstić information content (AvgIpc) is 2.31. The summed E-state index contributed by atoms with van der Waals surface area (Å²) in [5, 5.41) is 19.5. The molecule has 0 aliphatic heterocycles. The minimum absolute atomic E-state index is 0.0290. The molecule has 0 radical (unpaired) electrons. The quantitative estimate of drug-likeness (QED) is 0.252. The van der Waals surface area contributed by atoms with Crippen LogP contribution in [0.25, 0.3) is 0 Å². The van der Waals surface area contributed by atoms with Gasteiger partial charge < -0.3 is 14.9 Å². The van der Waals surface area contributed by atoms with Crippen LogP contribution in [0.1, 0.15) is 23.7 Å². The first-order valence-corrected chi connectivity index (χ1v) is 7.90. The molecular weight excluding hydrogens is 565 g/mol. The third kappa shape index (κ3) is 3.28. The van der Waals surface area contributed by atoms with E-state index >= 15 is 0 Å². The van der Waals surface area contributed by atoms with Gasteiger partial charge in [0.2, 0.25) is 0 Å². The Morgan fingerprint density at radius 1 is 1.12 bits per heavy atom. The van der Waals surface area contributed by atoms with Crippen molar-refractivity contribution in [3.63, 3.8) is 0 Å². The van der Waals surface area contributed by atoms with Crippen molar-refractivity contribution in [2.45, 2.75) is 13.3 Å². The van der Waals surface area contributed by atoms with E-state index in [-0.39, 0.29) is 17.9 Å². The van der Waals surface area contributed by atoms with Crippen LogP contribution in [-0.2, 0) is 4.74 Å². The number of ether oxygens (including phenoxy) is 1. The van der Waals surface area contributed by atoms with Gasteiger partial charge in [0.15, 0.2) is 11.5 Å². The lowest BCUT2D eigenvalue weighted by molar-refractivity contribution is 0.0499. The summed E-state index contributed by atoms with van der Waals surface area (Å²) in [6.45, 7) is 2.17. The van der Waals surface area contributed by atoms with Crippen LogP contribution < -0.4 is 0 Å². The summed E-state index contributed by atoms with van der Waals surface area (Å²) in [4.78, 5) is 11.8. The maximum Gasteiger partial charge on any atom is 0.343 e. The molecule has 0 aliphatic carbocycles. The molecule has 0 amide bonds. The van der Waals surface area contributed by atoms with Crippen molar-refractivity contribution in [3.8, 4) is 11.5 Å². The molecule has 1 rings (SSSR count). The maximum atomic E-state index is 11.8. The van der Waals surface area contributed by atoms with Crippen LogP contribution in [0.4, 0.5) is 0 Å². The van der Waals surface area contributed by atoms with Gasteiger partial charge in [0, 0.05) is 7.14 Å². The highest BCUT2D eigenvalue weighted by atomic mass is 127. The highest BCUT2D eigenvalue weighted by Crippen LogP contribution is 2.40. The van der Waals surface area contributed by atoms with Gasteiger partial charge in [-0.05, 0) is 74.2 Å². The minimum Gasteiger partial charge on any atom is -0.504 e. The molecule has 1 aromatic carbocycles. The van der Waals surface area contributed by atoms with Gasteiger partial charge >= 0.3 is 5.97 Å². The second-order valence-electron chi connectivity index (χ2n) is 3.15. The van der Waals surface area contributed by atoms with Crippen molar-refractivity contribution >= 4 is 73.7 Å². The van der Waals surface area contributed by atoms with Gasteiger partial charge in [0.1, 0.15) is 5.56 Å². The number of carbonyl (C=O) groups is 1. The lowest BCUT2D eigenvalue weighted by atomic mass is 10.2. The summed E-state index contributed by atoms with van der Waals surface area (Å²) >= 11 is 5.88. The lowest BCUT2D eigenvalue weighted by Gasteiger charge is -2.12. The molecule has 0 bridgehead atoms. The van der Waals surface area contributed by atoms with Gasteiger partial charge in [-0.1, -0.05) is 6.92 Å². The van der Waals surface area contributed by atoms with E-state index in [4.69, 9.17) is 4.74 Å². The van der Waals surface area contributed by atoms with Crippen LogP contribution in [0.2, 0.25) is 0 Å². The molecule has 0 aliphatic rings. The Hall–Kier alpha value is 0.480. The molecule has 7 heteroatoms. The van der Waals surface area contributed by atoms with E-state index in [1.807, 2.05) is 74.7 Å². The van der Waals surface area contributed by atoms with Crippen molar-refractivity contribution in [3.05, 3.63) is 16.3 Å². The molecule has 17 heavy (non-hydrogen) atoms. The largest absolute Gasteiger partial charge is 0.504 e. The van der Waals surface area contributed by atoms with Crippen LogP contribution in [0.5, 0.6) is 11.5 Å². The first-order chi connectivity index (χ1) is 7.91. The number of phenols is 2. The summed E-state index contributed by atoms with van der Waals surface area (Å²) in [7, 11) is 0. The van der Waals surface area contributed by atoms with E-state index < -0.39 is 11.7 Å². The third-order valence-electron chi connectivity index (χ3n) is 1.92. The molecule has 2 N–H and O–H groups in total. The van der Waals surface area contributed by atoms with Crippen molar-refractivity contribution in [1.29, 1.82) is 0 Å². The molecule has 0 fully saturated rings. The number of carbonyl (C=O) groups excluding carboxylic acids is 1. The van der Waals surface area contributed by atoms with E-state index in [1.165, 1.54) is 0 Å². The van der Waals surface area contributed by atoms with Crippen molar-refractivity contribution < 1.29 is 19.7 Å². The van der Waals surface area contributed by atoms with Gasteiger partial charge in [0.25, 0.3) is 0 Å². The molecule has 94 valence electrons. The number of rotatable bonds is 3. The monoisotopic (exact) mass is 574 g/mol. The molecule has 0 saturated heterocycles. The van der Waals surface area contributed by atoms with E-state index in [0.717, 1.165) is 3.57 Å². The van der Waals surface area contributed by atoms with Crippen LogP contribution in [0, 0.1) is 10.7 Å². The highest BCUT2D eigenvalue weighted by Gasteiger charge is 2.25. The van der Waals surface area contributed by atoms with Gasteiger partial charge in [-0.25, -0.2) is 4.79 Å². The SMILES string of the molecule is CCCOC(=O)c1c(O)c(O)c(I)c(I)c1I. The normalized spacial score (nSPS) is 10.4. The minimum atomic E-state index is -0.613. The molecule has 1 aromatic rings. The molecule has 0 heterocycles. The zero-order valence-electron chi connectivity index (χ0n) is 8.76. The van der Waals surface area contributed by atoms with Gasteiger partial charge in [-0.15, -0.1) is 0 Å². The van der Waals surface area contributed by atoms with Crippen LogP contribution in [-0.4, -0.2) is 22.8 Å². The molecule has 0 saturated carbocycles. The molecular formula is C10H9I3O4. The summed E-state index contributed by atoms with van der Waals surface area (Å²) in [5.41, 5.74) is 0.0290. The van der Waals surface area contributed by atoms with Crippen molar-refractivity contribution in [2.24, 2.45) is 0 Å². The molecule has 0 atom stereocenters. The van der Waals surface area contributed by atoms with Gasteiger partial charge in [-0.3, -0.25) is 0 Å². The van der Waals surface area contributed by atoms with Crippen LogP contribution in [0.3, 0.4) is 0 Å². The smallest absolute Gasteiger partial charge is 0.343 e. The molecule has 0 aromatic heterocycles. The number of esters is 1. The van der Waals surface area contributed by atoms with Crippen molar-refractivity contribution in [2.75, 3.05) is 6.61 Å². The predicted molar refractivity (Wildman–Crippen MR) is 88.5 cm³/mol. The van der Waals surface area contributed by atoms with Crippen molar-refractivity contribution in [1.82, 2.24) is 0 Å². The Bertz CT molecular complexity index is 430. The van der Waals surface area contributed by atoms with E-state index in [1.54, 1.807) is 0 Å². The Morgan fingerprint density at radius 3 is 2.24 bits per heavy atom. The van der Waals surface area contributed by atoms with E-state index in [2.05, 4.69) is 0 Å². The maximum absolute atomic E-state index is 11.8. The number of aromatic hydroxyl groups is 2. The second-order valence-corrected chi connectivity index (χ2v) is 6.39. The number of hydrogen-bond acceptors (Lipinski definition) is 4. The number of halogens is 3. The zero-order valence-corrected chi connectivity index (χ0v) is 15.2. The fourth-order valence-electron chi connectivity index (χ4n) is 1.09. The van der Waals surface area contributed by atoms with Gasteiger partial charge in [0.05, 0.1) is 10.2 Å². The lowest BCUT2D eigenvalue weighted by Crippen LogP contribution is -2.10. The summed E-state index contributed by atoms with van der Waals surface area (Å²) in [6, 6.07) is 0. The van der Waals surface area contributed by atoms with Crippen LogP contribution in [0.15, 0.2) is 0 Å². The Morgan fingerprint density at radius 2 is 1.71 bits per heavy atom. The predicted octanol–water partition coefficient (Wildman–Crippen LogP) is 3.48. The number of hydrogen-bond donors (Lipinski definition) is 2. The summed E-state index contributed by atoms with van der Waals surface area (Å²) in [5.74, 6) is -1.31. The highest BCUT2D eigenvalue weighted by molar-refractivity contribution is 14.1. The fourth-order valence-corrected chi connectivity index (χ4v) is 3.40. The Labute approximate surface area is 140 Å². The number of phenolic OH excluding ortho intramolecular Hbond substituents is 2. The zero-order chi connectivity index (χ0) is 13.2. The van der Waals surface area contributed by atoms with E-state index in [0.29, 0.717) is 13.6 Å². The third-order valence-corrected chi connectivity index (χ3v) is 7.19. The Balaban J connectivity index is 3.29. The second kappa shape index (κ2) is 6.59. The summed E-state index contributed by atoms with van der Waals surface area (Å²) < 4.78 is 6.80. The standard InChI is InChI=1S/C10H9I3O4/c1-2-3-17-10(16)4-5(11)6(12)7(13)9(15)8(4)14/h14-15H,2-3H2,1H3. The van der Waals surface area contributed by atoms with E-state index in [9.17, 15) is 15.0 Å². The average molecular weight is 574 g/mol. The van der Waals surface area contributed by atoms with Gasteiger partial charge in [-0.2, -0.15) is 0 Å². The molecule has 4 nitrogen and oxygen atoms in total. The molecule has 0 unspecified atom stereocenters. The number of benzene rings is 1. The Kier molecular flexibility index (Phi) is 6.02. The topological polar surface area (TPSA) is 66.8 Å². The fraction of sp³-hybridized carbons (Fsp3) is 0.300. The first kappa shape index (κ1) is 15.5. The summed E-state index contributed by atoms with van der Waals surface area (Å²) in [6.07, 6.45) is 0.705.